The Hall–Kier alpha value is -3.07. The van der Waals surface area contributed by atoms with E-state index in [0.29, 0.717) is 12.1 Å². The molecular formula is C29H38N8. The van der Waals surface area contributed by atoms with Crippen LogP contribution in [0.5, 0.6) is 0 Å². The summed E-state index contributed by atoms with van der Waals surface area (Å²) in [6.45, 7) is 10.9. The zero-order valence-corrected chi connectivity index (χ0v) is 21.8. The molecule has 9 rings (SSSR count). The molecule has 0 saturated carbocycles. The molecule has 3 aromatic rings. The molecule has 4 atom stereocenters. The molecule has 8 bridgehead atoms. The second kappa shape index (κ2) is 11.1. The highest BCUT2D eigenvalue weighted by atomic mass is 15.3. The number of nitrogens with one attached hydrogen (secondary N) is 2. The van der Waals surface area contributed by atoms with Gasteiger partial charge in [-0.2, -0.15) is 0 Å². The largest absolute Gasteiger partial charge is 0.340 e. The van der Waals surface area contributed by atoms with Crippen LogP contribution in [0.4, 0.5) is 17.5 Å². The number of piperazine rings is 1. The molecule has 37 heavy (non-hydrogen) atoms. The maximum absolute atomic E-state index is 4.77. The third kappa shape index (κ3) is 5.76. The number of nitrogens with zero attached hydrogens (tertiary/aromatic N) is 6. The minimum Gasteiger partial charge on any atom is -0.340 e. The quantitative estimate of drug-likeness (QED) is 0.486. The van der Waals surface area contributed by atoms with Crippen molar-refractivity contribution in [3.05, 3.63) is 60.6 Å². The third-order valence-electron chi connectivity index (χ3n) is 8.06. The lowest BCUT2D eigenvalue weighted by molar-refractivity contribution is 0.0783. The van der Waals surface area contributed by atoms with Gasteiger partial charge in [-0.1, -0.05) is 12.1 Å². The minimum absolute atomic E-state index is 0.509. The summed E-state index contributed by atoms with van der Waals surface area (Å²) in [6, 6.07) is 13.9. The molecule has 8 heterocycles. The van der Waals surface area contributed by atoms with Crippen molar-refractivity contribution in [2.75, 3.05) is 56.0 Å². The van der Waals surface area contributed by atoms with Gasteiger partial charge in [0.25, 0.3) is 0 Å². The van der Waals surface area contributed by atoms with Gasteiger partial charge in [0.1, 0.15) is 5.82 Å². The smallest absolute Gasteiger partial charge is 0.225 e. The number of hydrogen-bond acceptors (Lipinski definition) is 8. The first kappa shape index (κ1) is 24.3. The summed E-state index contributed by atoms with van der Waals surface area (Å²) in [6.07, 6.45) is 9.30. The Morgan fingerprint density at radius 2 is 1.81 bits per heavy atom. The van der Waals surface area contributed by atoms with Gasteiger partial charge in [0.15, 0.2) is 0 Å². The molecule has 0 amide bonds. The van der Waals surface area contributed by atoms with E-state index in [4.69, 9.17) is 9.97 Å². The number of benzene rings is 1. The van der Waals surface area contributed by atoms with Gasteiger partial charge in [0.2, 0.25) is 5.95 Å². The predicted molar refractivity (Wildman–Crippen MR) is 149 cm³/mol. The Morgan fingerprint density at radius 1 is 0.892 bits per heavy atom. The van der Waals surface area contributed by atoms with Crippen LogP contribution < -0.4 is 15.5 Å². The van der Waals surface area contributed by atoms with Crippen molar-refractivity contribution in [2.45, 2.75) is 44.8 Å². The van der Waals surface area contributed by atoms with Crippen LogP contribution in [0.15, 0.2) is 55.0 Å². The van der Waals surface area contributed by atoms with Gasteiger partial charge < -0.3 is 15.5 Å². The number of pyridine rings is 1. The van der Waals surface area contributed by atoms with Crippen LogP contribution in [0, 0.1) is 0 Å². The molecule has 2 N–H and O–H groups in total. The highest BCUT2D eigenvalue weighted by Gasteiger charge is 2.27. The molecule has 4 unspecified atom stereocenters. The Kier molecular flexibility index (Phi) is 7.30. The number of aromatic nitrogens is 3. The number of hydrogen-bond donors (Lipinski definition) is 2. The number of rotatable bonds is 0. The van der Waals surface area contributed by atoms with E-state index in [9.17, 15) is 0 Å². The topological polar surface area (TPSA) is 72.4 Å². The van der Waals surface area contributed by atoms with E-state index < -0.39 is 0 Å². The zero-order valence-electron chi connectivity index (χ0n) is 21.8. The molecular weight excluding hydrogens is 460 g/mol. The highest BCUT2D eigenvalue weighted by Crippen LogP contribution is 2.27. The van der Waals surface area contributed by atoms with Gasteiger partial charge >= 0.3 is 0 Å². The van der Waals surface area contributed by atoms with Crippen LogP contribution in [0.3, 0.4) is 0 Å². The van der Waals surface area contributed by atoms with Crippen LogP contribution in [0.1, 0.15) is 31.7 Å². The van der Waals surface area contributed by atoms with Gasteiger partial charge in [-0.15, -0.1) is 0 Å². The fourth-order valence-corrected chi connectivity index (χ4v) is 5.97. The molecule has 8 heteroatoms. The summed E-state index contributed by atoms with van der Waals surface area (Å²) in [5.74, 6) is 1.67. The summed E-state index contributed by atoms with van der Waals surface area (Å²) in [7, 11) is 0. The zero-order chi connectivity index (χ0) is 25.0. The molecule has 1 aromatic carbocycles. The highest BCUT2D eigenvalue weighted by molar-refractivity contribution is 5.68. The average molecular weight is 499 g/mol. The van der Waals surface area contributed by atoms with Crippen molar-refractivity contribution in [1.82, 2.24) is 30.1 Å². The maximum atomic E-state index is 4.77. The van der Waals surface area contributed by atoms with Crippen LogP contribution in [0.2, 0.25) is 0 Å². The van der Waals surface area contributed by atoms with Gasteiger partial charge in [-0.3, -0.25) is 9.80 Å². The van der Waals surface area contributed by atoms with E-state index in [1.807, 2.05) is 24.7 Å². The normalized spacial score (nSPS) is 26.5. The second-order valence-corrected chi connectivity index (χ2v) is 10.7. The van der Waals surface area contributed by atoms with Gasteiger partial charge in [0, 0.05) is 87.7 Å². The van der Waals surface area contributed by atoms with Crippen molar-refractivity contribution in [2.24, 2.45) is 0 Å². The first-order valence-electron chi connectivity index (χ1n) is 13.8. The maximum Gasteiger partial charge on any atom is 0.225 e. The van der Waals surface area contributed by atoms with Crippen molar-refractivity contribution in [3.63, 3.8) is 0 Å². The lowest BCUT2D eigenvalue weighted by Gasteiger charge is -2.40. The lowest BCUT2D eigenvalue weighted by Crippen LogP contribution is -2.52. The van der Waals surface area contributed by atoms with E-state index >= 15 is 0 Å². The molecule has 2 aromatic heterocycles. The molecule has 6 aliphatic rings. The summed E-state index contributed by atoms with van der Waals surface area (Å²) < 4.78 is 0. The lowest BCUT2D eigenvalue weighted by atomic mass is 10.1. The first-order valence-corrected chi connectivity index (χ1v) is 13.8. The van der Waals surface area contributed by atoms with Gasteiger partial charge in [-0.25, -0.2) is 15.0 Å². The van der Waals surface area contributed by atoms with Crippen molar-refractivity contribution >= 4 is 17.5 Å². The molecule has 6 aliphatic heterocycles. The average Bonchev–Trinajstić information content (AvgIpc) is 3.39. The first-order chi connectivity index (χ1) is 18.2. The van der Waals surface area contributed by atoms with Crippen LogP contribution in [0.25, 0.3) is 11.1 Å². The second-order valence-electron chi connectivity index (χ2n) is 10.7. The fourth-order valence-electron chi connectivity index (χ4n) is 5.97. The Morgan fingerprint density at radius 3 is 2.70 bits per heavy atom. The van der Waals surface area contributed by atoms with Crippen molar-refractivity contribution < 1.29 is 0 Å². The molecule has 194 valence electrons. The molecule has 0 radical (unpaired) electrons. The van der Waals surface area contributed by atoms with E-state index in [-0.39, 0.29) is 0 Å². The van der Waals surface area contributed by atoms with E-state index in [1.165, 1.54) is 18.4 Å². The van der Waals surface area contributed by atoms with Crippen molar-refractivity contribution in [1.29, 1.82) is 0 Å². The molecule has 2 fully saturated rings. The third-order valence-corrected chi connectivity index (χ3v) is 8.06. The van der Waals surface area contributed by atoms with E-state index in [2.05, 4.69) is 67.6 Å². The van der Waals surface area contributed by atoms with Crippen molar-refractivity contribution in [3.8, 4) is 11.1 Å². The van der Waals surface area contributed by atoms with Crippen LogP contribution in [-0.2, 0) is 6.54 Å². The van der Waals surface area contributed by atoms with Crippen LogP contribution >= 0.6 is 0 Å². The van der Waals surface area contributed by atoms with E-state index in [0.717, 1.165) is 87.4 Å². The van der Waals surface area contributed by atoms with Crippen LogP contribution in [-0.4, -0.2) is 82.6 Å². The predicted octanol–water partition coefficient (Wildman–Crippen LogP) is 3.75. The van der Waals surface area contributed by atoms with E-state index in [1.54, 1.807) is 0 Å². The Balaban J connectivity index is 1.26. The molecule has 0 aliphatic carbocycles. The summed E-state index contributed by atoms with van der Waals surface area (Å²) >= 11 is 0. The summed E-state index contributed by atoms with van der Waals surface area (Å²) in [4.78, 5) is 21.7. The fraction of sp³-hybridized carbons (Fsp3) is 0.483. The molecule has 2 saturated heterocycles. The molecule has 0 spiro atoms. The standard InChI is InChI=1S/C29H38N8/c1-22-20-35-13-11-30-9-8-27-6-3-12-37(27)29-32-18-25(19-33-29)24-7-10-31-28(17-24)34-26-5-2-4-23(16-26)21-36(22)15-14-35/h2,4-5,7,10,16-19,22,27,30H,3,6,8-9,11-15,20-21H2,1H3,(H,31,34). The van der Waals surface area contributed by atoms with Gasteiger partial charge in [-0.05, 0) is 68.1 Å². The summed E-state index contributed by atoms with van der Waals surface area (Å²) in [5.41, 5.74) is 4.45. The Labute approximate surface area is 220 Å². The number of anilines is 3. The monoisotopic (exact) mass is 498 g/mol. The summed E-state index contributed by atoms with van der Waals surface area (Å²) in [5, 5.41) is 7.21. The SMILES string of the molecule is CC1CN2CCNCCC3CCCN3c3ncc(cn3)-c3ccnc(c3)Nc3cccc(c3)CN1CC2. The molecule has 8 nitrogen and oxygen atoms in total. The Bertz CT molecular complexity index is 1180. The minimum atomic E-state index is 0.509. The van der Waals surface area contributed by atoms with Gasteiger partial charge in [0.05, 0.1) is 0 Å².